The van der Waals surface area contributed by atoms with Crippen molar-refractivity contribution in [2.75, 3.05) is 53.4 Å². The number of rotatable bonds is 6. The Labute approximate surface area is 176 Å². The molecule has 8 heteroatoms. The van der Waals surface area contributed by atoms with Crippen LogP contribution in [0.4, 0.5) is 13.2 Å². The number of esters is 1. The molecule has 2 saturated heterocycles. The first-order chi connectivity index (χ1) is 14.3. The third-order valence-corrected chi connectivity index (χ3v) is 6.39. The first kappa shape index (κ1) is 23.0. The summed E-state index contributed by atoms with van der Waals surface area (Å²) in [4.78, 5) is 18.8. The number of halogens is 3. The van der Waals surface area contributed by atoms with Crippen LogP contribution in [0.2, 0.25) is 0 Å². The maximum Gasteiger partial charge on any atom is 0.416 e. The average molecular weight is 428 g/mol. The molecule has 2 aliphatic heterocycles. The van der Waals surface area contributed by atoms with Crippen LogP contribution in [-0.4, -0.2) is 80.1 Å². The minimum Gasteiger partial charge on any atom is -0.469 e. The highest BCUT2D eigenvalue weighted by molar-refractivity contribution is 5.69. The van der Waals surface area contributed by atoms with Gasteiger partial charge >= 0.3 is 12.1 Å². The molecule has 30 heavy (non-hydrogen) atoms. The van der Waals surface area contributed by atoms with Crippen LogP contribution >= 0.6 is 0 Å². The number of nitrogens with zero attached hydrogens (tertiary/aromatic N) is 3. The molecule has 5 nitrogen and oxygen atoms in total. The van der Waals surface area contributed by atoms with E-state index in [-0.39, 0.29) is 5.97 Å². The van der Waals surface area contributed by atoms with Crippen molar-refractivity contribution in [2.45, 2.75) is 38.0 Å². The fourth-order valence-electron chi connectivity index (χ4n) is 4.67. The van der Waals surface area contributed by atoms with Crippen molar-refractivity contribution in [1.82, 2.24) is 14.7 Å². The van der Waals surface area contributed by atoms with E-state index in [4.69, 9.17) is 4.74 Å². The molecule has 3 rings (SSSR count). The molecule has 1 aromatic rings. The molecule has 0 aromatic heterocycles. The van der Waals surface area contributed by atoms with Crippen LogP contribution in [0.5, 0.6) is 0 Å². The zero-order valence-corrected chi connectivity index (χ0v) is 17.8. The maximum atomic E-state index is 13.0. The highest BCUT2D eigenvalue weighted by Gasteiger charge is 2.35. The Morgan fingerprint density at radius 1 is 1.17 bits per heavy atom. The average Bonchev–Trinajstić information content (AvgIpc) is 2.72. The molecule has 0 saturated carbocycles. The number of likely N-dealkylation sites (N-methyl/N-ethyl adjacent to an activating group) is 1. The summed E-state index contributed by atoms with van der Waals surface area (Å²) in [6.07, 6.45) is -2.24. The molecular formula is C22H32F3N3O2. The molecule has 2 atom stereocenters. The molecule has 0 spiro atoms. The van der Waals surface area contributed by atoms with Gasteiger partial charge in [0, 0.05) is 51.7 Å². The Kier molecular flexibility index (Phi) is 7.76. The lowest BCUT2D eigenvalue weighted by Gasteiger charge is -2.46. The summed E-state index contributed by atoms with van der Waals surface area (Å²) in [5.41, 5.74) is 0.0733. The van der Waals surface area contributed by atoms with Crippen LogP contribution in [0.3, 0.4) is 0 Å². The van der Waals surface area contributed by atoms with Gasteiger partial charge in [0.15, 0.2) is 0 Å². The molecular weight excluding hydrogens is 395 g/mol. The maximum absolute atomic E-state index is 13.0. The van der Waals surface area contributed by atoms with E-state index >= 15 is 0 Å². The highest BCUT2D eigenvalue weighted by atomic mass is 19.4. The first-order valence-corrected chi connectivity index (χ1v) is 10.6. The summed E-state index contributed by atoms with van der Waals surface area (Å²) < 4.78 is 43.9. The van der Waals surface area contributed by atoms with Crippen molar-refractivity contribution in [2.24, 2.45) is 5.92 Å². The number of carbonyl (C=O) groups excluding carboxylic acids is 1. The van der Waals surface area contributed by atoms with Gasteiger partial charge in [-0.2, -0.15) is 13.2 Å². The molecule has 0 N–H and O–H groups in total. The number of piperazine rings is 1. The smallest absolute Gasteiger partial charge is 0.416 e. The van der Waals surface area contributed by atoms with Gasteiger partial charge < -0.3 is 9.64 Å². The largest absolute Gasteiger partial charge is 0.469 e. The van der Waals surface area contributed by atoms with E-state index in [1.54, 1.807) is 6.07 Å². The number of hydrogen-bond donors (Lipinski definition) is 0. The summed E-state index contributed by atoms with van der Waals surface area (Å²) in [6, 6.07) is 5.99. The van der Waals surface area contributed by atoms with Crippen molar-refractivity contribution in [1.29, 1.82) is 0 Å². The van der Waals surface area contributed by atoms with E-state index in [1.807, 2.05) is 0 Å². The van der Waals surface area contributed by atoms with Crippen molar-refractivity contribution in [3.8, 4) is 0 Å². The molecule has 0 aliphatic carbocycles. The van der Waals surface area contributed by atoms with E-state index in [2.05, 4.69) is 21.7 Å². The number of carbonyl (C=O) groups is 1. The molecule has 1 aromatic carbocycles. The number of alkyl halides is 3. The Morgan fingerprint density at radius 3 is 2.57 bits per heavy atom. The Balaban J connectivity index is 1.66. The Hall–Kier alpha value is -1.64. The molecule has 2 fully saturated rings. The van der Waals surface area contributed by atoms with Crippen LogP contribution in [0.25, 0.3) is 0 Å². The SMILES string of the molecule is COC(=O)CC[C@H]1CN(Cc2cccc(C(F)(F)F)c2)CC[C@H]1N1CCN(C)CC1. The summed E-state index contributed by atoms with van der Waals surface area (Å²) in [5, 5.41) is 0. The summed E-state index contributed by atoms with van der Waals surface area (Å²) in [5.74, 6) is 0.0918. The van der Waals surface area contributed by atoms with Gasteiger partial charge in [-0.1, -0.05) is 18.2 Å². The highest BCUT2D eigenvalue weighted by Crippen LogP contribution is 2.31. The van der Waals surface area contributed by atoms with Gasteiger partial charge in [-0.25, -0.2) is 0 Å². The van der Waals surface area contributed by atoms with E-state index in [0.717, 1.165) is 58.2 Å². The van der Waals surface area contributed by atoms with Gasteiger partial charge in [-0.05, 0) is 44.0 Å². The summed E-state index contributed by atoms with van der Waals surface area (Å²) in [7, 11) is 3.53. The lowest BCUT2D eigenvalue weighted by molar-refractivity contribution is -0.141. The monoisotopic (exact) mass is 427 g/mol. The molecule has 0 unspecified atom stereocenters. The quantitative estimate of drug-likeness (QED) is 0.652. The van der Waals surface area contributed by atoms with E-state index < -0.39 is 11.7 Å². The minimum atomic E-state index is -4.33. The fourth-order valence-corrected chi connectivity index (χ4v) is 4.67. The van der Waals surface area contributed by atoms with Crippen molar-refractivity contribution < 1.29 is 22.7 Å². The normalized spacial score (nSPS) is 24.7. The van der Waals surface area contributed by atoms with E-state index in [0.29, 0.717) is 30.5 Å². The molecule has 2 aliphatic rings. The number of benzene rings is 1. The van der Waals surface area contributed by atoms with Gasteiger partial charge in [0.05, 0.1) is 12.7 Å². The van der Waals surface area contributed by atoms with Gasteiger partial charge in [0.25, 0.3) is 0 Å². The van der Waals surface area contributed by atoms with Crippen molar-refractivity contribution in [3.63, 3.8) is 0 Å². The molecule has 2 heterocycles. The fraction of sp³-hybridized carbons (Fsp3) is 0.682. The van der Waals surface area contributed by atoms with Crippen LogP contribution < -0.4 is 0 Å². The third kappa shape index (κ3) is 6.18. The lowest BCUT2D eigenvalue weighted by Crippen LogP contribution is -2.56. The van der Waals surface area contributed by atoms with Gasteiger partial charge in [0.1, 0.15) is 0 Å². The zero-order chi connectivity index (χ0) is 21.7. The predicted molar refractivity (Wildman–Crippen MR) is 109 cm³/mol. The second-order valence-electron chi connectivity index (χ2n) is 8.50. The predicted octanol–water partition coefficient (Wildman–Crippen LogP) is 3.10. The molecule has 0 amide bonds. The van der Waals surface area contributed by atoms with Gasteiger partial charge in [-0.3, -0.25) is 14.6 Å². The second kappa shape index (κ2) is 10.1. The van der Waals surface area contributed by atoms with E-state index in [1.165, 1.54) is 19.2 Å². The minimum absolute atomic E-state index is 0.206. The van der Waals surface area contributed by atoms with Crippen LogP contribution in [0, 0.1) is 5.92 Å². The Morgan fingerprint density at radius 2 is 1.90 bits per heavy atom. The van der Waals surface area contributed by atoms with Crippen molar-refractivity contribution >= 4 is 5.97 Å². The van der Waals surface area contributed by atoms with Crippen LogP contribution in [0.15, 0.2) is 24.3 Å². The van der Waals surface area contributed by atoms with E-state index in [9.17, 15) is 18.0 Å². The lowest BCUT2D eigenvalue weighted by atomic mass is 9.86. The zero-order valence-electron chi connectivity index (χ0n) is 17.8. The van der Waals surface area contributed by atoms with Crippen LogP contribution in [0.1, 0.15) is 30.4 Å². The summed E-state index contributed by atoms with van der Waals surface area (Å²) in [6.45, 7) is 6.23. The molecule has 0 bridgehead atoms. The number of likely N-dealkylation sites (tertiary alicyclic amines) is 1. The van der Waals surface area contributed by atoms with Gasteiger partial charge in [-0.15, -0.1) is 0 Å². The van der Waals surface area contributed by atoms with Crippen LogP contribution in [-0.2, 0) is 22.3 Å². The topological polar surface area (TPSA) is 36.0 Å². The molecule has 0 radical (unpaired) electrons. The molecule has 168 valence electrons. The van der Waals surface area contributed by atoms with Gasteiger partial charge in [0.2, 0.25) is 0 Å². The standard InChI is InChI=1S/C22H32F3N3O2/c1-26-10-12-28(13-11-26)20-8-9-27(16-18(20)6-7-21(29)30-2)15-17-4-3-5-19(14-17)22(23,24)25/h3-5,14,18,20H,6-13,15-16H2,1-2H3/t18-,20+/m0/s1. The number of ether oxygens (including phenoxy) is 1. The summed E-state index contributed by atoms with van der Waals surface area (Å²) >= 11 is 0. The van der Waals surface area contributed by atoms with Crippen molar-refractivity contribution in [3.05, 3.63) is 35.4 Å². The first-order valence-electron chi connectivity index (χ1n) is 10.6. The third-order valence-electron chi connectivity index (χ3n) is 6.39. The second-order valence-corrected chi connectivity index (χ2v) is 8.50. The Bertz CT molecular complexity index is 705. The number of methoxy groups -OCH3 is 1. The number of hydrogen-bond acceptors (Lipinski definition) is 5. The number of piperidine rings is 1.